The molecule has 0 spiro atoms. The lowest BCUT2D eigenvalue weighted by Crippen LogP contribution is -2.35. The van der Waals surface area contributed by atoms with Crippen LogP contribution in [-0.2, 0) is 11.3 Å². The highest BCUT2D eigenvalue weighted by atomic mass is 16.6. The quantitative estimate of drug-likeness (QED) is 0.892. The number of rotatable bonds is 5. The Labute approximate surface area is 129 Å². The van der Waals surface area contributed by atoms with Gasteiger partial charge in [0.2, 0.25) is 0 Å². The van der Waals surface area contributed by atoms with E-state index in [1.807, 2.05) is 12.1 Å². The molecule has 1 unspecified atom stereocenters. The van der Waals surface area contributed by atoms with Crippen LogP contribution in [0.1, 0.15) is 53.0 Å². The van der Waals surface area contributed by atoms with Crippen LogP contribution in [0, 0.1) is 0 Å². The Bertz CT molecular complexity index is 463. The van der Waals surface area contributed by atoms with Gasteiger partial charge in [0.15, 0.2) is 0 Å². The van der Waals surface area contributed by atoms with Gasteiger partial charge in [0, 0.05) is 17.6 Å². The molecule has 0 saturated carbocycles. The summed E-state index contributed by atoms with van der Waals surface area (Å²) in [7, 11) is 0. The van der Waals surface area contributed by atoms with E-state index in [1.165, 1.54) is 5.56 Å². The molecule has 21 heavy (non-hydrogen) atoms. The van der Waals surface area contributed by atoms with Gasteiger partial charge < -0.3 is 14.8 Å². The molecule has 118 valence electrons. The van der Waals surface area contributed by atoms with Crippen molar-refractivity contribution in [2.24, 2.45) is 0 Å². The number of nitrogens with one attached hydrogen (secondary N) is 1. The molecule has 1 aliphatic heterocycles. The number of hydrogen-bond donors (Lipinski definition) is 1. The molecule has 1 aliphatic rings. The van der Waals surface area contributed by atoms with Crippen molar-refractivity contribution < 1.29 is 9.47 Å². The zero-order valence-corrected chi connectivity index (χ0v) is 14.0. The lowest BCUT2D eigenvalue weighted by Gasteiger charge is -2.22. The predicted octanol–water partition coefficient (Wildman–Crippen LogP) is 3.91. The van der Waals surface area contributed by atoms with E-state index >= 15 is 0 Å². The normalized spacial score (nSPS) is 21.5. The molecule has 0 amide bonds. The number of para-hydroxylation sites is 1. The van der Waals surface area contributed by atoms with E-state index < -0.39 is 0 Å². The van der Waals surface area contributed by atoms with Gasteiger partial charge >= 0.3 is 0 Å². The molecular weight excluding hydrogens is 262 g/mol. The van der Waals surface area contributed by atoms with Gasteiger partial charge in [-0.25, -0.2) is 0 Å². The summed E-state index contributed by atoms with van der Waals surface area (Å²) in [6, 6.07) is 8.24. The highest BCUT2D eigenvalue weighted by Gasteiger charge is 2.32. The largest absolute Gasteiger partial charge is 0.491 e. The summed E-state index contributed by atoms with van der Waals surface area (Å²) >= 11 is 0. The summed E-state index contributed by atoms with van der Waals surface area (Å²) in [5, 5.41) is 3.51. The molecule has 0 bridgehead atoms. The zero-order valence-electron chi connectivity index (χ0n) is 14.0. The molecule has 3 heteroatoms. The Morgan fingerprint density at radius 3 is 2.62 bits per heavy atom. The fraction of sp³-hybridized carbons (Fsp3) is 0.667. The van der Waals surface area contributed by atoms with Crippen molar-refractivity contribution in [1.29, 1.82) is 0 Å². The second-order valence-electron chi connectivity index (χ2n) is 7.56. The molecule has 0 aliphatic carbocycles. The van der Waals surface area contributed by atoms with Gasteiger partial charge in [-0.3, -0.25) is 0 Å². The molecule has 1 atom stereocenters. The van der Waals surface area contributed by atoms with Crippen LogP contribution >= 0.6 is 0 Å². The van der Waals surface area contributed by atoms with E-state index in [0.29, 0.717) is 6.61 Å². The van der Waals surface area contributed by atoms with E-state index in [2.05, 4.69) is 52.1 Å². The van der Waals surface area contributed by atoms with Crippen LogP contribution in [0.3, 0.4) is 0 Å². The maximum atomic E-state index is 6.01. The predicted molar refractivity (Wildman–Crippen MR) is 86.7 cm³/mol. The molecule has 0 radical (unpaired) electrons. The fourth-order valence-electron chi connectivity index (χ4n) is 2.53. The first kappa shape index (κ1) is 16.3. The van der Waals surface area contributed by atoms with E-state index in [0.717, 1.165) is 25.1 Å². The highest BCUT2D eigenvalue weighted by molar-refractivity contribution is 5.33. The maximum Gasteiger partial charge on any atom is 0.123 e. The number of hydrogen-bond acceptors (Lipinski definition) is 3. The third-order valence-corrected chi connectivity index (χ3v) is 3.76. The summed E-state index contributed by atoms with van der Waals surface area (Å²) in [4.78, 5) is 0. The summed E-state index contributed by atoms with van der Waals surface area (Å²) in [5.41, 5.74) is 1.30. The molecule has 1 heterocycles. The van der Waals surface area contributed by atoms with E-state index in [1.54, 1.807) is 0 Å². The first-order chi connectivity index (χ1) is 9.75. The SMILES string of the molecule is CC(C)(C)NCc1ccccc1OCC1CCC(C)(C)O1. The smallest absolute Gasteiger partial charge is 0.123 e. The lowest BCUT2D eigenvalue weighted by atomic mass is 10.1. The highest BCUT2D eigenvalue weighted by Crippen LogP contribution is 2.30. The van der Waals surface area contributed by atoms with Gasteiger partial charge in [0.25, 0.3) is 0 Å². The molecule has 3 nitrogen and oxygen atoms in total. The summed E-state index contributed by atoms with van der Waals surface area (Å²) in [5.74, 6) is 0.961. The van der Waals surface area contributed by atoms with Gasteiger partial charge in [0.1, 0.15) is 12.4 Å². The van der Waals surface area contributed by atoms with Crippen LogP contribution in [0.2, 0.25) is 0 Å². The van der Waals surface area contributed by atoms with Crippen LogP contribution in [0.4, 0.5) is 0 Å². The Kier molecular flexibility index (Phi) is 4.95. The monoisotopic (exact) mass is 291 g/mol. The third kappa shape index (κ3) is 5.33. The Morgan fingerprint density at radius 1 is 1.29 bits per heavy atom. The van der Waals surface area contributed by atoms with Crippen molar-refractivity contribution in [2.45, 2.75) is 71.2 Å². The fourth-order valence-corrected chi connectivity index (χ4v) is 2.53. The van der Waals surface area contributed by atoms with E-state index in [9.17, 15) is 0 Å². The first-order valence-electron chi connectivity index (χ1n) is 7.89. The Balaban J connectivity index is 1.91. The van der Waals surface area contributed by atoms with E-state index in [-0.39, 0.29) is 17.2 Å². The lowest BCUT2D eigenvalue weighted by molar-refractivity contribution is -0.0327. The van der Waals surface area contributed by atoms with Crippen LogP contribution in [0.15, 0.2) is 24.3 Å². The molecule has 1 fully saturated rings. The second kappa shape index (κ2) is 6.37. The minimum absolute atomic E-state index is 0.00132. The second-order valence-corrected chi connectivity index (χ2v) is 7.56. The van der Waals surface area contributed by atoms with Crippen molar-refractivity contribution >= 4 is 0 Å². The van der Waals surface area contributed by atoms with Gasteiger partial charge in [-0.1, -0.05) is 18.2 Å². The molecule has 2 rings (SSSR count). The Hall–Kier alpha value is -1.06. The van der Waals surface area contributed by atoms with Crippen LogP contribution in [-0.4, -0.2) is 23.9 Å². The first-order valence-corrected chi connectivity index (χ1v) is 7.89. The molecule has 1 N–H and O–H groups in total. The van der Waals surface area contributed by atoms with Crippen LogP contribution in [0.25, 0.3) is 0 Å². The topological polar surface area (TPSA) is 30.5 Å². The van der Waals surface area contributed by atoms with Gasteiger partial charge in [-0.15, -0.1) is 0 Å². The minimum Gasteiger partial charge on any atom is -0.491 e. The summed E-state index contributed by atoms with van der Waals surface area (Å²) in [6.45, 7) is 12.3. The van der Waals surface area contributed by atoms with Crippen LogP contribution < -0.4 is 10.1 Å². The van der Waals surface area contributed by atoms with Crippen molar-refractivity contribution in [2.75, 3.05) is 6.61 Å². The summed E-state index contributed by atoms with van der Waals surface area (Å²) in [6.07, 6.45) is 2.40. The van der Waals surface area contributed by atoms with Gasteiger partial charge in [-0.05, 0) is 53.5 Å². The number of ether oxygens (including phenoxy) is 2. The molecular formula is C18H29NO2. The number of benzene rings is 1. The molecule has 1 aromatic carbocycles. The summed E-state index contributed by atoms with van der Waals surface area (Å²) < 4.78 is 12.0. The molecule has 1 saturated heterocycles. The van der Waals surface area contributed by atoms with E-state index in [4.69, 9.17) is 9.47 Å². The molecule has 1 aromatic rings. The Morgan fingerprint density at radius 2 is 2.00 bits per heavy atom. The van der Waals surface area contributed by atoms with Gasteiger partial charge in [0.05, 0.1) is 11.7 Å². The zero-order chi connectivity index (χ0) is 15.5. The standard InChI is InChI=1S/C18H29NO2/c1-17(2,3)19-12-14-8-6-7-9-16(14)20-13-15-10-11-18(4,5)21-15/h6-9,15,19H,10-13H2,1-5H3. The van der Waals surface area contributed by atoms with Crippen LogP contribution in [0.5, 0.6) is 5.75 Å². The minimum atomic E-state index is 0.00132. The van der Waals surface area contributed by atoms with Gasteiger partial charge in [-0.2, -0.15) is 0 Å². The van der Waals surface area contributed by atoms with Crippen molar-refractivity contribution in [3.05, 3.63) is 29.8 Å². The average molecular weight is 291 g/mol. The average Bonchev–Trinajstić information content (AvgIpc) is 2.73. The molecule has 0 aromatic heterocycles. The van der Waals surface area contributed by atoms with Crippen molar-refractivity contribution in [3.63, 3.8) is 0 Å². The third-order valence-electron chi connectivity index (χ3n) is 3.76. The van der Waals surface area contributed by atoms with Crippen molar-refractivity contribution in [3.8, 4) is 5.75 Å². The maximum absolute atomic E-state index is 6.01. The van der Waals surface area contributed by atoms with Crippen molar-refractivity contribution in [1.82, 2.24) is 5.32 Å².